The number of benzene rings is 5. The van der Waals surface area contributed by atoms with Gasteiger partial charge in [0.1, 0.15) is 11.5 Å². The van der Waals surface area contributed by atoms with Gasteiger partial charge >= 0.3 is 0 Å². The second kappa shape index (κ2) is 16.2. The van der Waals surface area contributed by atoms with E-state index in [1.54, 1.807) is 0 Å². The van der Waals surface area contributed by atoms with Gasteiger partial charge in [-0.3, -0.25) is 0 Å². The van der Waals surface area contributed by atoms with E-state index in [2.05, 4.69) is 122 Å². The summed E-state index contributed by atoms with van der Waals surface area (Å²) in [5.74, 6) is 1.80. The molecule has 0 heterocycles. The third-order valence-corrected chi connectivity index (χ3v) is 7.63. The van der Waals surface area contributed by atoms with Gasteiger partial charge in [-0.1, -0.05) is 100 Å². The van der Waals surface area contributed by atoms with E-state index in [1.165, 1.54) is 25.7 Å². The van der Waals surface area contributed by atoms with Crippen molar-refractivity contribution in [1.29, 1.82) is 0 Å². The van der Waals surface area contributed by atoms with Crippen molar-refractivity contribution in [2.45, 2.75) is 52.4 Å². The van der Waals surface area contributed by atoms with Crippen molar-refractivity contribution in [1.82, 2.24) is 0 Å². The molecule has 2 N–H and O–H groups in total. The zero-order chi connectivity index (χ0) is 30.4. The average molecular weight is 585 g/mol. The summed E-state index contributed by atoms with van der Waals surface area (Å²) in [7, 11) is 0. The van der Waals surface area contributed by atoms with Crippen LogP contribution in [0.1, 0.15) is 52.4 Å². The molecule has 0 spiro atoms. The Kier molecular flexibility index (Phi) is 11.3. The Morgan fingerprint density at radius 1 is 0.432 bits per heavy atom. The minimum absolute atomic E-state index is 0.752. The van der Waals surface area contributed by atoms with Crippen molar-refractivity contribution in [3.8, 4) is 33.8 Å². The number of rotatable bonds is 16. The van der Waals surface area contributed by atoms with E-state index in [-0.39, 0.29) is 0 Å². The Morgan fingerprint density at radius 3 is 1.18 bits per heavy atom. The fraction of sp³-hybridized carbons (Fsp3) is 0.250. The summed E-state index contributed by atoms with van der Waals surface area (Å²) in [6.07, 6.45) is 6.92. The molecule has 226 valence electrons. The predicted octanol–water partition coefficient (Wildman–Crippen LogP) is 11.6. The highest BCUT2D eigenvalue weighted by Crippen LogP contribution is 2.44. The zero-order valence-corrected chi connectivity index (χ0v) is 26.0. The molecule has 44 heavy (non-hydrogen) atoms. The lowest BCUT2D eigenvalue weighted by atomic mass is 9.91. The minimum atomic E-state index is 0.752. The van der Waals surface area contributed by atoms with E-state index in [1.807, 2.05) is 24.3 Å². The molecule has 0 aliphatic rings. The lowest BCUT2D eigenvalue weighted by Gasteiger charge is -2.22. The summed E-state index contributed by atoms with van der Waals surface area (Å²) >= 11 is 0. The van der Waals surface area contributed by atoms with Crippen LogP contribution in [-0.2, 0) is 0 Å². The maximum atomic E-state index is 5.95. The molecule has 0 aliphatic carbocycles. The molecule has 4 nitrogen and oxygen atoms in total. The molecular weight excluding hydrogens is 540 g/mol. The van der Waals surface area contributed by atoms with Crippen LogP contribution >= 0.6 is 0 Å². The van der Waals surface area contributed by atoms with Gasteiger partial charge in [0.25, 0.3) is 0 Å². The third-order valence-electron chi connectivity index (χ3n) is 7.63. The number of anilines is 4. The van der Waals surface area contributed by atoms with Gasteiger partial charge in [-0.05, 0) is 84.6 Å². The van der Waals surface area contributed by atoms with Crippen LogP contribution in [0.5, 0.6) is 11.5 Å². The molecule has 0 saturated carbocycles. The monoisotopic (exact) mass is 584 g/mol. The van der Waals surface area contributed by atoms with Crippen molar-refractivity contribution in [2.24, 2.45) is 0 Å². The van der Waals surface area contributed by atoms with Crippen LogP contribution in [0.4, 0.5) is 22.7 Å². The Bertz CT molecular complexity index is 1430. The van der Waals surface area contributed by atoms with Crippen LogP contribution in [0.25, 0.3) is 22.3 Å². The molecule has 0 radical (unpaired) electrons. The first-order valence-corrected chi connectivity index (χ1v) is 16.0. The first-order valence-electron chi connectivity index (χ1n) is 16.0. The lowest BCUT2D eigenvalue weighted by molar-refractivity contribution is 0.306. The van der Waals surface area contributed by atoms with Crippen molar-refractivity contribution < 1.29 is 9.47 Å². The van der Waals surface area contributed by atoms with Crippen LogP contribution in [0, 0.1) is 0 Å². The summed E-state index contributed by atoms with van der Waals surface area (Å²) in [5, 5.41) is 7.42. The second-order valence-corrected chi connectivity index (χ2v) is 11.1. The van der Waals surface area contributed by atoms with Crippen LogP contribution in [0.15, 0.2) is 121 Å². The number of hydrogen-bond donors (Lipinski definition) is 2. The molecule has 5 aromatic carbocycles. The molecule has 0 bridgehead atoms. The van der Waals surface area contributed by atoms with E-state index >= 15 is 0 Å². The van der Waals surface area contributed by atoms with E-state index in [0.717, 1.165) is 82.6 Å². The van der Waals surface area contributed by atoms with Crippen molar-refractivity contribution in [3.05, 3.63) is 121 Å². The largest absolute Gasteiger partial charge is 0.494 e. The molecule has 0 saturated heterocycles. The fourth-order valence-electron chi connectivity index (χ4n) is 5.28. The maximum absolute atomic E-state index is 5.95. The van der Waals surface area contributed by atoms with Crippen molar-refractivity contribution in [3.63, 3.8) is 0 Å². The maximum Gasteiger partial charge on any atom is 0.119 e. The highest BCUT2D eigenvalue weighted by molar-refractivity contribution is 6.00. The van der Waals surface area contributed by atoms with Crippen LogP contribution < -0.4 is 20.1 Å². The molecule has 5 aromatic rings. The van der Waals surface area contributed by atoms with E-state index in [4.69, 9.17) is 9.47 Å². The molecule has 4 heteroatoms. The van der Waals surface area contributed by atoms with E-state index < -0.39 is 0 Å². The fourth-order valence-corrected chi connectivity index (χ4v) is 5.28. The minimum Gasteiger partial charge on any atom is -0.494 e. The first-order chi connectivity index (χ1) is 21.7. The molecule has 0 amide bonds. The highest BCUT2D eigenvalue weighted by Gasteiger charge is 2.18. The Hall–Kier alpha value is -4.70. The summed E-state index contributed by atoms with van der Waals surface area (Å²) in [6, 6.07) is 42.1. The molecule has 0 aromatic heterocycles. The quantitative estimate of drug-likeness (QED) is 0.113. The van der Waals surface area contributed by atoms with Crippen LogP contribution in [0.2, 0.25) is 0 Å². The highest BCUT2D eigenvalue weighted by atomic mass is 16.5. The molecular formula is C40H44N2O2. The first kappa shape index (κ1) is 30.7. The molecule has 0 fully saturated rings. The van der Waals surface area contributed by atoms with Gasteiger partial charge < -0.3 is 20.1 Å². The molecule has 0 aliphatic heterocycles. The van der Waals surface area contributed by atoms with Crippen molar-refractivity contribution >= 4 is 22.7 Å². The number of unbranched alkanes of at least 4 members (excludes halogenated alkanes) is 4. The third kappa shape index (κ3) is 8.44. The number of hydrogen-bond acceptors (Lipinski definition) is 4. The number of ether oxygens (including phenoxy) is 2. The smallest absolute Gasteiger partial charge is 0.119 e. The summed E-state index contributed by atoms with van der Waals surface area (Å²) in [5.41, 5.74) is 8.65. The van der Waals surface area contributed by atoms with E-state index in [9.17, 15) is 0 Å². The Labute approximate surface area is 263 Å². The molecule has 0 atom stereocenters. The molecule has 5 rings (SSSR count). The summed E-state index contributed by atoms with van der Waals surface area (Å²) in [6.45, 7) is 5.92. The topological polar surface area (TPSA) is 42.5 Å². The van der Waals surface area contributed by atoms with Crippen LogP contribution in [0.3, 0.4) is 0 Å². The Morgan fingerprint density at radius 2 is 0.818 bits per heavy atom. The molecule has 0 unspecified atom stereocenters. The van der Waals surface area contributed by atoms with Crippen molar-refractivity contribution in [2.75, 3.05) is 23.8 Å². The van der Waals surface area contributed by atoms with Gasteiger partial charge in [-0.25, -0.2) is 0 Å². The standard InChI is InChI=1S/C40H44N2O2/c1-3-5-13-29-43-35-23-19-33(20-24-35)41-37-27-28-38(42-34-21-25-36(26-22-34)44-30-14-6-4-2)40(32-17-11-8-12-18-32)39(37)31-15-9-7-10-16-31/h7-12,15-28,41-42H,3-6,13-14,29-30H2,1-2H3. The Balaban J connectivity index is 1.47. The zero-order valence-electron chi connectivity index (χ0n) is 26.0. The normalized spacial score (nSPS) is 10.8. The predicted molar refractivity (Wildman–Crippen MR) is 187 cm³/mol. The second-order valence-electron chi connectivity index (χ2n) is 11.1. The lowest BCUT2D eigenvalue weighted by Crippen LogP contribution is -2.01. The average Bonchev–Trinajstić information content (AvgIpc) is 3.08. The van der Waals surface area contributed by atoms with Gasteiger partial charge in [-0.2, -0.15) is 0 Å². The van der Waals surface area contributed by atoms with Gasteiger partial charge in [0.15, 0.2) is 0 Å². The van der Waals surface area contributed by atoms with Gasteiger partial charge in [0.05, 0.1) is 13.2 Å². The van der Waals surface area contributed by atoms with Crippen LogP contribution in [-0.4, -0.2) is 13.2 Å². The van der Waals surface area contributed by atoms with Gasteiger partial charge in [-0.15, -0.1) is 0 Å². The SMILES string of the molecule is CCCCCOc1ccc(Nc2ccc(Nc3ccc(OCCCCC)cc3)c(-c3ccccc3)c2-c2ccccc2)cc1. The van der Waals surface area contributed by atoms with Gasteiger partial charge in [0, 0.05) is 33.9 Å². The van der Waals surface area contributed by atoms with E-state index in [0.29, 0.717) is 0 Å². The summed E-state index contributed by atoms with van der Waals surface area (Å²) in [4.78, 5) is 0. The van der Waals surface area contributed by atoms with Gasteiger partial charge in [0.2, 0.25) is 0 Å². The summed E-state index contributed by atoms with van der Waals surface area (Å²) < 4.78 is 11.9. The number of nitrogens with one attached hydrogen (secondary N) is 2.